The first-order valence-electron chi connectivity index (χ1n) is 13.3. The fourth-order valence-electron chi connectivity index (χ4n) is 3.71. The van der Waals surface area contributed by atoms with Crippen LogP contribution in [0.25, 0.3) is 0 Å². The van der Waals surface area contributed by atoms with Gasteiger partial charge in [0, 0.05) is 0 Å². The molecule has 0 aliphatic heterocycles. The van der Waals surface area contributed by atoms with Crippen LogP contribution in [0.2, 0.25) is 0 Å². The van der Waals surface area contributed by atoms with Crippen molar-refractivity contribution < 1.29 is 193 Å². The van der Waals surface area contributed by atoms with Gasteiger partial charge in [0.25, 0.3) is 0 Å². The molecule has 0 N–H and O–H groups in total. The summed E-state index contributed by atoms with van der Waals surface area (Å²) >= 11 is 0. The third-order valence-corrected chi connectivity index (χ3v) is 7.81. The van der Waals surface area contributed by atoms with E-state index >= 15 is 0 Å². The van der Waals surface area contributed by atoms with Gasteiger partial charge in [0.05, 0.1) is 0 Å². The van der Waals surface area contributed by atoms with E-state index in [1.54, 1.807) is 0 Å². The van der Waals surface area contributed by atoms with Crippen LogP contribution in [0.3, 0.4) is 0 Å². The molecule has 0 aliphatic rings. The van der Waals surface area contributed by atoms with E-state index in [2.05, 4.69) is 0 Å². The Balaban J connectivity index is 8.03. The van der Waals surface area contributed by atoms with Gasteiger partial charge in [-0.1, -0.05) is 0 Å². The van der Waals surface area contributed by atoms with Crippen molar-refractivity contribution in [3.05, 3.63) is 0 Å². The van der Waals surface area contributed by atoms with Gasteiger partial charge < -0.3 is 0 Å². The van der Waals surface area contributed by atoms with Crippen molar-refractivity contribution in [2.24, 2.45) is 0 Å². The maximum Gasteiger partial charge on any atom is 0.460 e. The molecule has 392 valence electrons. The highest BCUT2D eigenvalue weighted by Gasteiger charge is 3.03. The first kappa shape index (κ1) is 61.9. The second-order valence-corrected chi connectivity index (χ2v) is 11.9. The van der Waals surface area contributed by atoms with Gasteiger partial charge in [-0.05, 0) is 0 Å². The van der Waals surface area contributed by atoms with E-state index in [9.17, 15) is 193 Å². The van der Waals surface area contributed by atoms with E-state index in [4.69, 9.17) is 0 Å². The van der Waals surface area contributed by atoms with Crippen molar-refractivity contribution in [2.45, 2.75) is 125 Å². The number of rotatable bonds is 18. The zero-order chi connectivity index (χ0) is 54.5. The van der Waals surface area contributed by atoms with Crippen LogP contribution >= 0.6 is 0 Å². The molecule has 0 bridgehead atoms. The van der Waals surface area contributed by atoms with Gasteiger partial charge in [0.15, 0.2) is 0 Å². The third kappa shape index (κ3) is 6.76. The summed E-state index contributed by atoms with van der Waals surface area (Å²) in [6.45, 7) is 0. The SMILES string of the molecule is FC(F)(F)C(F)(F)C(F)(F)C(F)(F)C(F)(F)C(F)(F)C(F)(F)C(F)(F)C(F)(F)C(F)(F)C(F)(F)C(F)(F)C(F)(F)C(F)(F)C(F)(F)C(F)(F)C(F)(F)C(F)(F)C(F)(F)C(F)(F)C(F)(F)F. The Hall–Kier alpha value is -3.08. The molecule has 0 heterocycles. The molecule has 0 unspecified atom stereocenters. The van der Waals surface area contributed by atoms with Crippen LogP contribution in [0.15, 0.2) is 0 Å². The Morgan fingerprint density at radius 1 is 0.0769 bits per heavy atom. The Kier molecular flexibility index (Phi) is 13.8. The maximum atomic E-state index is 13.9. The highest BCUT2D eigenvalue weighted by molar-refractivity contribution is 5.23. The molecule has 65 heavy (non-hydrogen) atoms. The Bertz CT molecular complexity index is 1600. The molecule has 0 rings (SSSR count). The second kappa shape index (κ2) is 14.5. The van der Waals surface area contributed by atoms with Gasteiger partial charge in [0.1, 0.15) is 0 Å². The molecule has 0 aromatic carbocycles. The molecule has 44 heteroatoms. The molecule has 0 aromatic heterocycles. The summed E-state index contributed by atoms with van der Waals surface area (Å²) in [4.78, 5) is 0. The van der Waals surface area contributed by atoms with Crippen molar-refractivity contribution in [1.82, 2.24) is 0 Å². The second-order valence-electron chi connectivity index (χ2n) is 11.9. The molecule has 0 fully saturated rings. The van der Waals surface area contributed by atoms with Gasteiger partial charge in [-0.2, -0.15) is 193 Å². The molecule has 0 amide bonds. The van der Waals surface area contributed by atoms with Crippen LogP contribution < -0.4 is 0 Å². The summed E-state index contributed by atoms with van der Waals surface area (Å²) < 4.78 is 589. The van der Waals surface area contributed by atoms with Crippen LogP contribution in [-0.4, -0.2) is 125 Å². The van der Waals surface area contributed by atoms with Crippen molar-refractivity contribution in [3.8, 4) is 0 Å². The molecule has 0 aromatic rings. The number of hydrogen-bond acceptors (Lipinski definition) is 0. The van der Waals surface area contributed by atoms with E-state index in [-0.39, 0.29) is 0 Å². The fraction of sp³-hybridized carbons (Fsp3) is 1.00. The molecule has 0 spiro atoms. The lowest BCUT2D eigenvalue weighted by atomic mass is 9.81. The van der Waals surface area contributed by atoms with E-state index < -0.39 is 125 Å². The van der Waals surface area contributed by atoms with E-state index in [1.165, 1.54) is 0 Å². The van der Waals surface area contributed by atoms with E-state index in [0.717, 1.165) is 0 Å². The van der Waals surface area contributed by atoms with E-state index in [0.29, 0.717) is 0 Å². The molecule has 0 aliphatic carbocycles. The normalized spacial score (nSPS) is 17.5. The topological polar surface area (TPSA) is 0 Å². The zero-order valence-electron chi connectivity index (χ0n) is 27.1. The zero-order valence-corrected chi connectivity index (χ0v) is 27.1. The third-order valence-electron chi connectivity index (χ3n) is 7.81. The molecular formula is C21F44. The van der Waals surface area contributed by atoms with Gasteiger partial charge in [-0.3, -0.25) is 0 Å². The monoisotopic (exact) mass is 1090 g/mol. The predicted molar refractivity (Wildman–Crippen MR) is 106 cm³/mol. The highest BCUT2D eigenvalue weighted by Crippen LogP contribution is 2.71. The average Bonchev–Trinajstić information content (AvgIpc) is 3.05. The van der Waals surface area contributed by atoms with Gasteiger partial charge in [-0.25, -0.2) is 0 Å². The largest absolute Gasteiger partial charge is 0.460 e. The first-order chi connectivity index (χ1) is 27.0. The summed E-state index contributed by atoms with van der Waals surface area (Å²) in [5, 5.41) is 0. The molecule has 0 saturated carbocycles. The quantitative estimate of drug-likeness (QED) is 0.120. The Labute approximate surface area is 319 Å². The van der Waals surface area contributed by atoms with Gasteiger partial charge >= 0.3 is 125 Å². The lowest BCUT2D eigenvalue weighted by Crippen LogP contribution is -2.80. The predicted octanol–water partition coefficient (Wildman–Crippen LogP) is 14.2. The van der Waals surface area contributed by atoms with Crippen LogP contribution in [0, 0.1) is 0 Å². The summed E-state index contributed by atoms with van der Waals surface area (Å²) in [5.41, 5.74) is 0. The summed E-state index contributed by atoms with van der Waals surface area (Å²) in [5.74, 6) is -194. The van der Waals surface area contributed by atoms with Crippen LogP contribution in [0.1, 0.15) is 0 Å². The average molecular weight is 1090 g/mol. The summed E-state index contributed by atoms with van der Waals surface area (Å²) in [6.07, 6.45) is -17.1. The Morgan fingerprint density at radius 2 is 0.123 bits per heavy atom. The standard InChI is InChI=1S/C21F44/c22-1(23,2(24,25)4(28,29)6(32,33)8(36,37)10(40,41)12(44,45)14(48,49)16(52,53)18(56,57)20(60,61)62)3(26,27)5(30,31)7(34,35)9(38,39)11(42,43)13(46,47)15(50,51)17(54,55)19(58,59)21(63,64)65. The van der Waals surface area contributed by atoms with Gasteiger partial charge in [0.2, 0.25) is 0 Å². The minimum atomic E-state index is -10.7. The minimum Gasteiger partial charge on any atom is -0.192 e. The minimum absolute atomic E-state index is 8.56. The fourth-order valence-corrected chi connectivity index (χ4v) is 3.71. The van der Waals surface area contributed by atoms with Crippen LogP contribution in [-0.2, 0) is 0 Å². The molecule has 0 radical (unpaired) electrons. The summed E-state index contributed by atoms with van der Waals surface area (Å²) in [7, 11) is 0. The summed E-state index contributed by atoms with van der Waals surface area (Å²) in [6, 6.07) is 0. The number of halogens is 44. The molecular weight excluding hydrogens is 1090 g/mol. The molecule has 0 atom stereocenters. The van der Waals surface area contributed by atoms with Crippen LogP contribution in [0.4, 0.5) is 193 Å². The number of alkyl halides is 44. The van der Waals surface area contributed by atoms with Crippen molar-refractivity contribution in [3.63, 3.8) is 0 Å². The van der Waals surface area contributed by atoms with Crippen LogP contribution in [0.5, 0.6) is 0 Å². The van der Waals surface area contributed by atoms with Gasteiger partial charge in [-0.15, -0.1) is 0 Å². The van der Waals surface area contributed by atoms with Crippen molar-refractivity contribution >= 4 is 0 Å². The highest BCUT2D eigenvalue weighted by atomic mass is 19.5. The maximum absolute atomic E-state index is 13.9. The lowest BCUT2D eigenvalue weighted by molar-refractivity contribution is -0.497. The van der Waals surface area contributed by atoms with Crippen molar-refractivity contribution in [1.29, 1.82) is 0 Å². The smallest absolute Gasteiger partial charge is 0.192 e. The lowest BCUT2D eigenvalue weighted by Gasteiger charge is -2.47. The molecule has 0 nitrogen and oxygen atoms in total. The van der Waals surface area contributed by atoms with E-state index in [1.807, 2.05) is 0 Å². The Morgan fingerprint density at radius 3 is 0.169 bits per heavy atom. The molecule has 0 saturated heterocycles. The number of hydrogen-bond donors (Lipinski definition) is 0. The first-order valence-corrected chi connectivity index (χ1v) is 13.3. The van der Waals surface area contributed by atoms with Crippen molar-refractivity contribution in [2.75, 3.05) is 0 Å².